The molecule has 3 heteroatoms. The predicted octanol–water partition coefficient (Wildman–Crippen LogP) is 2.66. The second-order valence-corrected chi connectivity index (χ2v) is 4.36. The summed E-state index contributed by atoms with van der Waals surface area (Å²) >= 11 is 0. The Balaban J connectivity index is 1.94. The molecule has 2 rings (SSSR count). The van der Waals surface area contributed by atoms with Crippen molar-refractivity contribution in [2.75, 3.05) is 13.2 Å². The van der Waals surface area contributed by atoms with Crippen LogP contribution >= 0.6 is 0 Å². The second kappa shape index (κ2) is 5.41. The van der Waals surface area contributed by atoms with Crippen LogP contribution in [-0.4, -0.2) is 19.3 Å². The SMILES string of the molecule is CC(NC1CCCOC1)c1cccc(F)c1. The maximum atomic E-state index is 13.1. The molecule has 0 bridgehead atoms. The van der Waals surface area contributed by atoms with Crippen molar-refractivity contribution in [2.45, 2.75) is 31.8 Å². The van der Waals surface area contributed by atoms with E-state index in [0.29, 0.717) is 6.04 Å². The molecule has 1 saturated heterocycles. The molecule has 1 fully saturated rings. The van der Waals surface area contributed by atoms with Gasteiger partial charge in [-0.3, -0.25) is 0 Å². The molecule has 0 radical (unpaired) electrons. The van der Waals surface area contributed by atoms with E-state index in [1.807, 2.05) is 6.07 Å². The zero-order valence-corrected chi connectivity index (χ0v) is 9.58. The number of nitrogens with one attached hydrogen (secondary N) is 1. The Bertz CT molecular complexity index is 336. The van der Waals surface area contributed by atoms with Gasteiger partial charge in [-0.1, -0.05) is 12.1 Å². The molecule has 1 aromatic rings. The number of rotatable bonds is 3. The maximum Gasteiger partial charge on any atom is 0.123 e. The molecule has 2 nitrogen and oxygen atoms in total. The van der Waals surface area contributed by atoms with Crippen LogP contribution in [0.4, 0.5) is 4.39 Å². The molecular weight excluding hydrogens is 205 g/mol. The van der Waals surface area contributed by atoms with Crippen LogP contribution < -0.4 is 5.32 Å². The minimum absolute atomic E-state index is 0.169. The topological polar surface area (TPSA) is 21.3 Å². The molecule has 1 aromatic carbocycles. The van der Waals surface area contributed by atoms with Crippen LogP contribution in [0.2, 0.25) is 0 Å². The van der Waals surface area contributed by atoms with Crippen molar-refractivity contribution >= 4 is 0 Å². The summed E-state index contributed by atoms with van der Waals surface area (Å²) in [5, 5.41) is 3.47. The summed E-state index contributed by atoms with van der Waals surface area (Å²) in [4.78, 5) is 0. The third-order valence-corrected chi connectivity index (χ3v) is 2.99. The third kappa shape index (κ3) is 3.03. The van der Waals surface area contributed by atoms with E-state index in [1.54, 1.807) is 12.1 Å². The summed E-state index contributed by atoms with van der Waals surface area (Å²) < 4.78 is 18.5. The lowest BCUT2D eigenvalue weighted by Gasteiger charge is -2.27. The summed E-state index contributed by atoms with van der Waals surface area (Å²) in [5.41, 5.74) is 0.991. The predicted molar refractivity (Wildman–Crippen MR) is 61.8 cm³/mol. The lowest BCUT2D eigenvalue weighted by atomic mass is 10.0. The van der Waals surface area contributed by atoms with Gasteiger partial charge in [-0.2, -0.15) is 0 Å². The standard InChI is InChI=1S/C13H18FNO/c1-10(11-4-2-5-12(14)8-11)15-13-6-3-7-16-9-13/h2,4-5,8,10,13,15H,3,6-7,9H2,1H3. The number of hydrogen-bond acceptors (Lipinski definition) is 2. The normalized spacial score (nSPS) is 23.0. The molecular formula is C13H18FNO. The molecule has 0 spiro atoms. The molecule has 0 aliphatic carbocycles. The first kappa shape index (κ1) is 11.6. The highest BCUT2D eigenvalue weighted by Crippen LogP contribution is 2.16. The lowest BCUT2D eigenvalue weighted by Crippen LogP contribution is -2.38. The Labute approximate surface area is 95.8 Å². The molecule has 2 atom stereocenters. The van der Waals surface area contributed by atoms with Gasteiger partial charge in [0.25, 0.3) is 0 Å². The van der Waals surface area contributed by atoms with Crippen molar-refractivity contribution in [3.05, 3.63) is 35.6 Å². The highest BCUT2D eigenvalue weighted by molar-refractivity contribution is 5.19. The number of hydrogen-bond donors (Lipinski definition) is 1. The fraction of sp³-hybridized carbons (Fsp3) is 0.538. The van der Waals surface area contributed by atoms with E-state index in [9.17, 15) is 4.39 Å². The largest absolute Gasteiger partial charge is 0.380 e. The average Bonchev–Trinajstić information content (AvgIpc) is 2.30. The van der Waals surface area contributed by atoms with E-state index >= 15 is 0 Å². The fourth-order valence-corrected chi connectivity index (χ4v) is 2.10. The van der Waals surface area contributed by atoms with Gasteiger partial charge in [-0.15, -0.1) is 0 Å². The van der Waals surface area contributed by atoms with Crippen LogP contribution in [0.5, 0.6) is 0 Å². The van der Waals surface area contributed by atoms with E-state index in [2.05, 4.69) is 12.2 Å². The molecule has 16 heavy (non-hydrogen) atoms. The monoisotopic (exact) mass is 223 g/mol. The first-order chi connectivity index (χ1) is 7.75. The van der Waals surface area contributed by atoms with Crippen LogP contribution in [0.25, 0.3) is 0 Å². The van der Waals surface area contributed by atoms with Gasteiger partial charge in [0.05, 0.1) is 6.61 Å². The minimum Gasteiger partial charge on any atom is -0.380 e. The van der Waals surface area contributed by atoms with Crippen LogP contribution in [0, 0.1) is 5.82 Å². The number of ether oxygens (including phenoxy) is 1. The van der Waals surface area contributed by atoms with Gasteiger partial charge in [0.1, 0.15) is 5.82 Å². The molecule has 2 unspecified atom stereocenters. The molecule has 1 heterocycles. The zero-order chi connectivity index (χ0) is 11.4. The summed E-state index contributed by atoms with van der Waals surface area (Å²) in [6.07, 6.45) is 2.24. The Morgan fingerprint density at radius 3 is 3.06 bits per heavy atom. The van der Waals surface area contributed by atoms with E-state index in [0.717, 1.165) is 31.6 Å². The van der Waals surface area contributed by atoms with Gasteiger partial charge in [-0.25, -0.2) is 4.39 Å². The molecule has 0 aromatic heterocycles. The van der Waals surface area contributed by atoms with E-state index in [-0.39, 0.29) is 11.9 Å². The van der Waals surface area contributed by atoms with E-state index in [4.69, 9.17) is 4.74 Å². The van der Waals surface area contributed by atoms with Crippen LogP contribution in [0.3, 0.4) is 0 Å². The van der Waals surface area contributed by atoms with Crippen molar-refractivity contribution < 1.29 is 9.13 Å². The van der Waals surface area contributed by atoms with Gasteiger partial charge in [0.2, 0.25) is 0 Å². The Morgan fingerprint density at radius 2 is 2.38 bits per heavy atom. The smallest absolute Gasteiger partial charge is 0.123 e. The first-order valence-corrected chi connectivity index (χ1v) is 5.85. The summed E-state index contributed by atoms with van der Waals surface area (Å²) in [5.74, 6) is -0.175. The average molecular weight is 223 g/mol. The molecule has 1 aliphatic rings. The summed E-state index contributed by atoms with van der Waals surface area (Å²) in [6, 6.07) is 7.32. The summed E-state index contributed by atoms with van der Waals surface area (Å²) in [6.45, 7) is 3.69. The fourth-order valence-electron chi connectivity index (χ4n) is 2.10. The minimum atomic E-state index is -0.175. The molecule has 0 saturated carbocycles. The number of benzene rings is 1. The third-order valence-electron chi connectivity index (χ3n) is 2.99. The van der Waals surface area contributed by atoms with Crippen LogP contribution in [0.1, 0.15) is 31.4 Å². The van der Waals surface area contributed by atoms with Gasteiger partial charge in [0, 0.05) is 18.7 Å². The van der Waals surface area contributed by atoms with Crippen molar-refractivity contribution in [1.29, 1.82) is 0 Å². The van der Waals surface area contributed by atoms with Crippen LogP contribution in [-0.2, 0) is 4.74 Å². The highest BCUT2D eigenvalue weighted by Gasteiger charge is 2.16. The van der Waals surface area contributed by atoms with Crippen molar-refractivity contribution in [1.82, 2.24) is 5.32 Å². The van der Waals surface area contributed by atoms with Gasteiger partial charge in [0.15, 0.2) is 0 Å². The second-order valence-electron chi connectivity index (χ2n) is 4.36. The number of halogens is 1. The van der Waals surface area contributed by atoms with Gasteiger partial charge >= 0.3 is 0 Å². The Hall–Kier alpha value is -0.930. The lowest BCUT2D eigenvalue weighted by molar-refractivity contribution is 0.0671. The molecule has 0 amide bonds. The first-order valence-electron chi connectivity index (χ1n) is 5.85. The van der Waals surface area contributed by atoms with Crippen molar-refractivity contribution in [3.63, 3.8) is 0 Å². The van der Waals surface area contributed by atoms with Gasteiger partial charge in [-0.05, 0) is 37.5 Å². The Kier molecular flexibility index (Phi) is 3.91. The van der Waals surface area contributed by atoms with Gasteiger partial charge < -0.3 is 10.1 Å². The maximum absolute atomic E-state index is 13.1. The highest BCUT2D eigenvalue weighted by atomic mass is 19.1. The van der Waals surface area contributed by atoms with Crippen molar-refractivity contribution in [2.24, 2.45) is 0 Å². The molecule has 1 N–H and O–H groups in total. The Morgan fingerprint density at radius 1 is 1.50 bits per heavy atom. The molecule has 88 valence electrons. The van der Waals surface area contributed by atoms with Crippen molar-refractivity contribution in [3.8, 4) is 0 Å². The quantitative estimate of drug-likeness (QED) is 0.850. The van der Waals surface area contributed by atoms with Crippen LogP contribution in [0.15, 0.2) is 24.3 Å². The molecule has 1 aliphatic heterocycles. The summed E-state index contributed by atoms with van der Waals surface area (Å²) in [7, 11) is 0. The van der Waals surface area contributed by atoms with E-state index < -0.39 is 0 Å². The zero-order valence-electron chi connectivity index (χ0n) is 9.58. The van der Waals surface area contributed by atoms with E-state index in [1.165, 1.54) is 6.07 Å².